The fourth-order valence-electron chi connectivity index (χ4n) is 15.3. The first-order valence-electron chi connectivity index (χ1n) is 34.1. The van der Waals surface area contributed by atoms with Crippen LogP contribution in [0.1, 0.15) is 105 Å². The molecule has 4 heterocycles. The lowest BCUT2D eigenvalue weighted by Gasteiger charge is -2.46. The number of rotatable bonds is 9. The third-order valence-corrected chi connectivity index (χ3v) is 20.3. The number of nitrogens with zero attached hydrogens (tertiary/aromatic N) is 5. The number of anilines is 15. The lowest BCUT2D eigenvalue weighted by molar-refractivity contribution is 0.488. The number of benzene rings is 12. The maximum atomic E-state index is 7.85. The van der Waals surface area contributed by atoms with Crippen LogP contribution in [0.25, 0.3) is 0 Å². The number of fused-ring (bicyclic) bond motifs is 8. The van der Waals surface area contributed by atoms with Crippen molar-refractivity contribution in [2.75, 3.05) is 24.5 Å². The van der Waals surface area contributed by atoms with E-state index >= 15 is 0 Å². The predicted molar refractivity (Wildman–Crippen MR) is 410 cm³/mol. The Balaban J connectivity index is 0.961. The summed E-state index contributed by atoms with van der Waals surface area (Å²) in [6.07, 6.45) is 0. The Kier molecular flexibility index (Phi) is 14.3. The molecule has 0 spiro atoms. The first-order valence-corrected chi connectivity index (χ1v) is 34.1. The quantitative estimate of drug-likeness (QED) is 0.134. The van der Waals surface area contributed by atoms with Crippen molar-refractivity contribution >= 4 is 132 Å². The first kappa shape index (κ1) is 60.5. The van der Waals surface area contributed by atoms with Crippen LogP contribution >= 0.6 is 0 Å². The van der Waals surface area contributed by atoms with Gasteiger partial charge in [0, 0.05) is 86.1 Å². The van der Waals surface area contributed by atoms with Crippen molar-refractivity contribution in [2.45, 2.75) is 105 Å². The summed E-state index contributed by atoms with van der Waals surface area (Å²) in [5.41, 5.74) is 28.6. The van der Waals surface area contributed by atoms with E-state index in [0.717, 1.165) is 108 Å². The molecule has 0 saturated heterocycles. The molecule has 0 radical (unpaired) electrons. The highest BCUT2D eigenvalue weighted by Crippen LogP contribution is 2.51. The van der Waals surface area contributed by atoms with Crippen molar-refractivity contribution in [2.24, 2.45) is 0 Å². The van der Waals surface area contributed by atoms with Crippen molar-refractivity contribution in [3.8, 4) is 11.5 Å². The van der Waals surface area contributed by atoms with Crippen LogP contribution < -0.4 is 62.0 Å². The molecule has 0 bridgehead atoms. The van der Waals surface area contributed by atoms with E-state index in [-0.39, 0.29) is 35.1 Å². The van der Waals surface area contributed by atoms with Gasteiger partial charge in [0.05, 0.1) is 11.4 Å². The molecule has 0 unspecified atom stereocenters. The molecular formula is C88H81B2N5O. The molecular weight excluding hydrogens is 1160 g/mol. The van der Waals surface area contributed by atoms with E-state index in [4.69, 9.17) is 4.74 Å². The molecule has 0 saturated carbocycles. The first-order chi connectivity index (χ1) is 46.2. The number of hydrogen-bond acceptors (Lipinski definition) is 6. The molecule has 470 valence electrons. The second-order valence-electron chi connectivity index (χ2n) is 30.7. The van der Waals surface area contributed by atoms with Crippen LogP contribution in [0.4, 0.5) is 85.3 Å². The highest BCUT2D eigenvalue weighted by Gasteiger charge is 2.48. The lowest BCUT2D eigenvalue weighted by Crippen LogP contribution is -2.64. The Morgan fingerprint density at radius 2 is 0.562 bits per heavy atom. The Hall–Kier alpha value is -10.4. The number of ether oxygens (including phenoxy) is 1. The third-order valence-electron chi connectivity index (χ3n) is 20.3. The summed E-state index contributed by atoms with van der Waals surface area (Å²) in [4.78, 5) is 12.4. The molecule has 4 aliphatic heterocycles. The largest absolute Gasteiger partial charge is 0.458 e. The molecule has 12 aromatic rings. The number of para-hydroxylation sites is 5. The molecule has 6 nitrogen and oxygen atoms in total. The Bertz CT molecular complexity index is 4830. The zero-order valence-corrected chi connectivity index (χ0v) is 57.3. The Morgan fingerprint density at radius 1 is 0.250 bits per heavy atom. The second kappa shape index (κ2) is 22.6. The predicted octanol–water partition coefficient (Wildman–Crippen LogP) is 20.3. The van der Waals surface area contributed by atoms with E-state index in [0.29, 0.717) is 0 Å². The van der Waals surface area contributed by atoms with E-state index in [2.05, 4.69) is 381 Å². The van der Waals surface area contributed by atoms with Crippen LogP contribution in [0.5, 0.6) is 11.5 Å². The van der Waals surface area contributed by atoms with Gasteiger partial charge in [0.1, 0.15) is 11.5 Å². The molecule has 0 amide bonds. The summed E-state index contributed by atoms with van der Waals surface area (Å²) in [6.45, 7) is 27.1. The maximum absolute atomic E-state index is 7.85. The fraction of sp³-hybridized carbons (Fsp3) is 0.182. The Labute approximate surface area is 568 Å². The molecule has 0 aromatic heterocycles. The molecule has 0 fully saturated rings. The van der Waals surface area contributed by atoms with Crippen LogP contribution in [0.15, 0.2) is 273 Å². The summed E-state index contributed by atoms with van der Waals surface area (Å²) in [5, 5.41) is 0. The average molecular weight is 1250 g/mol. The normalized spacial score (nSPS) is 13.6. The summed E-state index contributed by atoms with van der Waals surface area (Å²) in [6, 6.07) is 103. The van der Waals surface area contributed by atoms with Gasteiger partial charge < -0.3 is 29.2 Å². The van der Waals surface area contributed by atoms with E-state index in [1.54, 1.807) is 0 Å². The van der Waals surface area contributed by atoms with Crippen molar-refractivity contribution in [3.63, 3.8) is 0 Å². The van der Waals surface area contributed by atoms with Gasteiger partial charge in [-0.1, -0.05) is 229 Å². The van der Waals surface area contributed by atoms with Gasteiger partial charge in [0.2, 0.25) is 0 Å². The summed E-state index contributed by atoms with van der Waals surface area (Å²) < 4.78 is 7.85. The van der Waals surface area contributed by atoms with E-state index < -0.39 is 0 Å². The van der Waals surface area contributed by atoms with Gasteiger partial charge in [-0.15, -0.1) is 0 Å². The van der Waals surface area contributed by atoms with Gasteiger partial charge in [0.15, 0.2) is 0 Å². The number of hydrogen-bond donors (Lipinski definition) is 0. The molecule has 96 heavy (non-hydrogen) atoms. The van der Waals surface area contributed by atoms with Gasteiger partial charge in [0.25, 0.3) is 13.4 Å². The minimum Gasteiger partial charge on any atom is -0.458 e. The maximum Gasteiger partial charge on any atom is 0.256 e. The molecule has 0 atom stereocenters. The fourth-order valence-corrected chi connectivity index (χ4v) is 15.3. The zero-order valence-electron chi connectivity index (χ0n) is 57.3. The van der Waals surface area contributed by atoms with Gasteiger partial charge in [-0.25, -0.2) is 0 Å². The standard InChI is InChI=1S/C88H81B2N5O/c1-85(2,3)58-36-44-65(45-37-58)91(66-46-38-59(39-47-66)86(4,5)6)69-52-78-83-79(53-69)95(64-30-20-15-21-31-64)77-57-81-74(56-73(77)89(83)71-32-22-24-34-75(71)93(78)62-26-16-13-17-27-62)90-72-33-23-25-35-76(72)94(63-28-18-14-19-29-63)80-54-70(55-82(96-81)84(80)90)92(67-48-40-60(41-49-67)87(7,8)9)68-50-42-61(43-51-68)88(10,11)12/h13-57H,1-12H3. The SMILES string of the molecule is CC(C)(C)c1ccc(N(c2ccc(C(C)(C)C)cc2)c2cc3c4c(c2)N(c2ccccc2)c2ccccc2B4c2cc4c(cc2O3)N(c2ccccc2)c2cc(N(c3ccc(C(C)(C)C)cc3)c3ccc(C(C)(C)C)cc3)cc3c2B4c2ccccc2N3c2ccccc2)cc1. The van der Waals surface area contributed by atoms with Crippen molar-refractivity contribution in [1.82, 2.24) is 0 Å². The monoisotopic (exact) mass is 1250 g/mol. The summed E-state index contributed by atoms with van der Waals surface area (Å²) in [7, 11) is 0. The molecule has 12 aromatic carbocycles. The minimum absolute atomic E-state index is 0.0173. The molecule has 0 aliphatic carbocycles. The lowest BCUT2D eigenvalue weighted by atomic mass is 9.30. The molecule has 8 heteroatoms. The zero-order chi connectivity index (χ0) is 66.2. The third kappa shape index (κ3) is 10.3. The summed E-state index contributed by atoms with van der Waals surface area (Å²) in [5.74, 6) is 1.67. The van der Waals surface area contributed by atoms with Crippen LogP contribution in [-0.4, -0.2) is 13.4 Å². The minimum atomic E-state index is -0.184. The highest BCUT2D eigenvalue weighted by atomic mass is 16.5. The van der Waals surface area contributed by atoms with Crippen LogP contribution in [-0.2, 0) is 21.7 Å². The average Bonchev–Trinajstić information content (AvgIpc) is 0.692. The van der Waals surface area contributed by atoms with Gasteiger partial charge >= 0.3 is 0 Å². The topological polar surface area (TPSA) is 25.4 Å². The molecule has 0 N–H and O–H groups in total. The van der Waals surface area contributed by atoms with E-state index in [1.807, 2.05) is 0 Å². The van der Waals surface area contributed by atoms with Gasteiger partial charge in [-0.2, -0.15) is 0 Å². The van der Waals surface area contributed by atoms with Crippen molar-refractivity contribution in [3.05, 3.63) is 295 Å². The highest BCUT2D eigenvalue weighted by molar-refractivity contribution is 7.02. The van der Waals surface area contributed by atoms with Crippen LogP contribution in [0.3, 0.4) is 0 Å². The van der Waals surface area contributed by atoms with Crippen LogP contribution in [0, 0.1) is 0 Å². The van der Waals surface area contributed by atoms with Crippen LogP contribution in [0.2, 0.25) is 0 Å². The van der Waals surface area contributed by atoms with Crippen molar-refractivity contribution < 1.29 is 4.74 Å². The van der Waals surface area contributed by atoms with E-state index in [1.165, 1.54) is 44.1 Å². The van der Waals surface area contributed by atoms with E-state index in [9.17, 15) is 0 Å². The summed E-state index contributed by atoms with van der Waals surface area (Å²) >= 11 is 0. The van der Waals surface area contributed by atoms with Crippen molar-refractivity contribution in [1.29, 1.82) is 0 Å². The van der Waals surface area contributed by atoms with Gasteiger partial charge in [-0.3, -0.25) is 0 Å². The van der Waals surface area contributed by atoms with Gasteiger partial charge in [-0.05, 0) is 192 Å². The molecule has 16 rings (SSSR count). The molecule has 4 aliphatic rings. The Morgan fingerprint density at radius 3 is 0.927 bits per heavy atom. The second-order valence-corrected chi connectivity index (χ2v) is 30.7. The smallest absolute Gasteiger partial charge is 0.256 e.